The Morgan fingerprint density at radius 1 is 1.36 bits per heavy atom. The van der Waals surface area contributed by atoms with E-state index in [-0.39, 0.29) is 18.8 Å². The van der Waals surface area contributed by atoms with Crippen molar-refractivity contribution in [3.8, 4) is 0 Å². The first-order chi connectivity index (χ1) is 6.61. The Hall–Kier alpha value is -0.650. The molecule has 0 heterocycles. The topological polar surface area (TPSA) is 87.0 Å². The lowest BCUT2D eigenvalue weighted by molar-refractivity contribution is -0.143. The van der Waals surface area contributed by atoms with Crippen LogP contribution in [0.3, 0.4) is 0 Å². The molecule has 0 aromatic heterocycles. The highest BCUT2D eigenvalue weighted by Crippen LogP contribution is 2.05. The fourth-order valence-electron chi connectivity index (χ4n) is 1.00. The van der Waals surface area contributed by atoms with Gasteiger partial charge >= 0.3 is 5.97 Å². The fourth-order valence-corrected chi connectivity index (χ4v) is 1.00. The van der Waals surface area contributed by atoms with Crippen molar-refractivity contribution in [2.24, 2.45) is 0 Å². The van der Waals surface area contributed by atoms with E-state index in [1.807, 2.05) is 0 Å². The van der Waals surface area contributed by atoms with Gasteiger partial charge in [-0.2, -0.15) is 0 Å². The molecule has 0 saturated heterocycles. The standard InChI is InChI=1S/C9H18O5/c1-2-14-9(13)5-3-4-7(11)8(12)6-10/h7-8,10-12H,2-6H2,1H3/t7-,8+/m0/s1. The zero-order chi connectivity index (χ0) is 11.0. The summed E-state index contributed by atoms with van der Waals surface area (Å²) in [5.74, 6) is -0.307. The minimum absolute atomic E-state index is 0.225. The van der Waals surface area contributed by atoms with E-state index in [0.29, 0.717) is 13.0 Å². The summed E-state index contributed by atoms with van der Waals surface area (Å²) in [6, 6.07) is 0. The molecule has 0 bridgehead atoms. The molecule has 0 unspecified atom stereocenters. The molecule has 0 fully saturated rings. The monoisotopic (exact) mass is 206 g/mol. The molecular formula is C9H18O5. The SMILES string of the molecule is CCOC(=O)CCC[C@H](O)[C@H](O)CO. The number of hydrogen-bond donors (Lipinski definition) is 3. The zero-order valence-electron chi connectivity index (χ0n) is 8.35. The second-order valence-corrected chi connectivity index (χ2v) is 3.01. The van der Waals surface area contributed by atoms with Crippen molar-refractivity contribution in [2.75, 3.05) is 13.2 Å². The molecule has 2 atom stereocenters. The molecule has 0 aliphatic heterocycles. The average Bonchev–Trinajstić information content (AvgIpc) is 2.16. The second-order valence-electron chi connectivity index (χ2n) is 3.01. The van der Waals surface area contributed by atoms with Crippen LogP contribution in [0, 0.1) is 0 Å². The van der Waals surface area contributed by atoms with E-state index in [2.05, 4.69) is 4.74 Å². The summed E-state index contributed by atoms with van der Waals surface area (Å²) in [5.41, 5.74) is 0. The zero-order valence-corrected chi connectivity index (χ0v) is 8.35. The van der Waals surface area contributed by atoms with Gasteiger partial charge in [0.05, 0.1) is 19.3 Å². The molecule has 3 N–H and O–H groups in total. The molecule has 0 radical (unpaired) electrons. The van der Waals surface area contributed by atoms with Crippen molar-refractivity contribution >= 4 is 5.97 Å². The number of ether oxygens (including phenoxy) is 1. The van der Waals surface area contributed by atoms with Gasteiger partial charge in [0.15, 0.2) is 0 Å². The molecule has 0 aromatic rings. The number of aliphatic hydroxyl groups is 3. The van der Waals surface area contributed by atoms with Crippen LogP contribution in [-0.4, -0.2) is 46.7 Å². The summed E-state index contributed by atoms with van der Waals surface area (Å²) in [7, 11) is 0. The van der Waals surface area contributed by atoms with E-state index >= 15 is 0 Å². The number of rotatable bonds is 7. The maximum Gasteiger partial charge on any atom is 0.305 e. The fraction of sp³-hybridized carbons (Fsp3) is 0.889. The van der Waals surface area contributed by atoms with Crippen LogP contribution >= 0.6 is 0 Å². The van der Waals surface area contributed by atoms with Gasteiger partial charge < -0.3 is 20.1 Å². The van der Waals surface area contributed by atoms with Crippen LogP contribution in [0.4, 0.5) is 0 Å². The van der Waals surface area contributed by atoms with Gasteiger partial charge in [0, 0.05) is 6.42 Å². The van der Waals surface area contributed by atoms with Crippen LogP contribution in [-0.2, 0) is 9.53 Å². The normalized spacial score (nSPS) is 14.9. The van der Waals surface area contributed by atoms with E-state index in [9.17, 15) is 9.90 Å². The number of hydrogen-bond acceptors (Lipinski definition) is 5. The summed E-state index contributed by atoms with van der Waals surface area (Å²) in [6.07, 6.45) is -1.16. The number of carbonyl (C=O) groups is 1. The average molecular weight is 206 g/mol. The molecule has 5 heteroatoms. The minimum atomic E-state index is -1.13. The molecule has 0 spiro atoms. The molecule has 0 aliphatic rings. The Labute approximate surface area is 83.3 Å². The Balaban J connectivity index is 3.48. The van der Waals surface area contributed by atoms with Gasteiger partial charge in [-0.1, -0.05) is 0 Å². The maximum absolute atomic E-state index is 10.8. The second kappa shape index (κ2) is 7.73. The number of carbonyl (C=O) groups excluding carboxylic acids is 1. The lowest BCUT2D eigenvalue weighted by Gasteiger charge is -2.14. The minimum Gasteiger partial charge on any atom is -0.466 e. The van der Waals surface area contributed by atoms with Crippen LogP contribution < -0.4 is 0 Å². The smallest absolute Gasteiger partial charge is 0.305 e. The van der Waals surface area contributed by atoms with Crippen LogP contribution in [0.2, 0.25) is 0 Å². The molecule has 0 saturated carbocycles. The summed E-state index contributed by atoms with van der Waals surface area (Å²) < 4.78 is 4.68. The molecule has 0 rings (SSSR count). The first kappa shape index (κ1) is 13.4. The molecular weight excluding hydrogens is 188 g/mol. The molecule has 0 aromatic carbocycles. The van der Waals surface area contributed by atoms with Crippen molar-refractivity contribution in [2.45, 2.75) is 38.4 Å². The maximum atomic E-state index is 10.8. The van der Waals surface area contributed by atoms with Crippen molar-refractivity contribution < 1.29 is 24.9 Å². The molecule has 0 amide bonds. The highest BCUT2D eigenvalue weighted by atomic mass is 16.5. The number of aliphatic hydroxyl groups excluding tert-OH is 3. The van der Waals surface area contributed by atoms with E-state index in [1.54, 1.807) is 6.92 Å². The van der Waals surface area contributed by atoms with Gasteiger partial charge in [-0.25, -0.2) is 0 Å². The number of esters is 1. The van der Waals surface area contributed by atoms with Crippen molar-refractivity contribution in [1.82, 2.24) is 0 Å². The van der Waals surface area contributed by atoms with E-state index in [0.717, 1.165) is 0 Å². The van der Waals surface area contributed by atoms with Crippen molar-refractivity contribution in [3.63, 3.8) is 0 Å². The largest absolute Gasteiger partial charge is 0.466 e. The van der Waals surface area contributed by atoms with Crippen LogP contribution in [0.1, 0.15) is 26.2 Å². The Morgan fingerprint density at radius 2 is 2.00 bits per heavy atom. The van der Waals surface area contributed by atoms with Gasteiger partial charge in [-0.05, 0) is 19.8 Å². The lowest BCUT2D eigenvalue weighted by Crippen LogP contribution is -2.29. The molecule has 5 nitrogen and oxygen atoms in total. The van der Waals surface area contributed by atoms with E-state index in [1.165, 1.54) is 0 Å². The predicted octanol–water partition coefficient (Wildman–Crippen LogP) is -0.566. The first-order valence-electron chi connectivity index (χ1n) is 4.74. The van der Waals surface area contributed by atoms with Crippen LogP contribution in [0.15, 0.2) is 0 Å². The molecule has 0 aliphatic carbocycles. The van der Waals surface area contributed by atoms with Gasteiger partial charge in [0.25, 0.3) is 0 Å². The van der Waals surface area contributed by atoms with Crippen molar-refractivity contribution in [3.05, 3.63) is 0 Å². The third-order valence-corrected chi connectivity index (χ3v) is 1.82. The molecule has 14 heavy (non-hydrogen) atoms. The van der Waals surface area contributed by atoms with Crippen LogP contribution in [0.5, 0.6) is 0 Å². The summed E-state index contributed by atoms with van der Waals surface area (Å²) in [5, 5.41) is 26.7. The van der Waals surface area contributed by atoms with Crippen LogP contribution in [0.25, 0.3) is 0 Å². The van der Waals surface area contributed by atoms with Gasteiger partial charge in [0.2, 0.25) is 0 Å². The summed E-state index contributed by atoms with van der Waals surface area (Å²) >= 11 is 0. The molecule has 84 valence electrons. The Bertz CT molecular complexity index is 159. The van der Waals surface area contributed by atoms with Gasteiger partial charge in [-0.3, -0.25) is 4.79 Å². The van der Waals surface area contributed by atoms with Gasteiger partial charge in [0.1, 0.15) is 6.10 Å². The van der Waals surface area contributed by atoms with E-state index < -0.39 is 18.8 Å². The summed E-state index contributed by atoms with van der Waals surface area (Å²) in [6.45, 7) is 1.60. The quantitative estimate of drug-likeness (QED) is 0.486. The summed E-state index contributed by atoms with van der Waals surface area (Å²) in [4.78, 5) is 10.8. The van der Waals surface area contributed by atoms with Gasteiger partial charge in [-0.15, -0.1) is 0 Å². The third-order valence-electron chi connectivity index (χ3n) is 1.82. The first-order valence-corrected chi connectivity index (χ1v) is 4.74. The Kier molecular flexibility index (Phi) is 7.37. The third kappa shape index (κ3) is 5.90. The van der Waals surface area contributed by atoms with E-state index in [4.69, 9.17) is 10.2 Å². The lowest BCUT2D eigenvalue weighted by atomic mass is 10.1. The Morgan fingerprint density at radius 3 is 2.50 bits per heavy atom. The predicted molar refractivity (Wildman–Crippen MR) is 49.6 cm³/mol. The highest BCUT2D eigenvalue weighted by Gasteiger charge is 2.15. The van der Waals surface area contributed by atoms with Crippen molar-refractivity contribution in [1.29, 1.82) is 0 Å². The highest BCUT2D eigenvalue weighted by molar-refractivity contribution is 5.69.